The van der Waals surface area contributed by atoms with Gasteiger partial charge in [0.2, 0.25) is 10.0 Å². The molecule has 2 rings (SSSR count). The molecule has 2 fully saturated rings. The number of thiocarbonyl (C=S) groups is 1. The summed E-state index contributed by atoms with van der Waals surface area (Å²) in [6.45, 7) is 2.89. The predicted octanol–water partition coefficient (Wildman–Crippen LogP) is -0.0575. The van der Waals surface area contributed by atoms with Gasteiger partial charge in [0.25, 0.3) is 0 Å². The Kier molecular flexibility index (Phi) is 2.32. The van der Waals surface area contributed by atoms with Crippen LogP contribution in [0.4, 0.5) is 0 Å². The molecule has 0 radical (unpaired) electrons. The van der Waals surface area contributed by atoms with E-state index in [9.17, 15) is 8.42 Å². The Morgan fingerprint density at radius 3 is 2.43 bits per heavy atom. The van der Waals surface area contributed by atoms with Crippen LogP contribution in [0.5, 0.6) is 0 Å². The first kappa shape index (κ1) is 10.3. The molecule has 2 aliphatic rings. The quantitative estimate of drug-likeness (QED) is 0.695. The Morgan fingerprint density at radius 1 is 1.50 bits per heavy atom. The third-order valence-corrected chi connectivity index (χ3v) is 5.82. The van der Waals surface area contributed by atoms with Gasteiger partial charge in [0.05, 0.1) is 4.99 Å². The monoisotopic (exact) mass is 234 g/mol. The average Bonchev–Trinajstić information content (AvgIpc) is 2.72. The van der Waals surface area contributed by atoms with Gasteiger partial charge in [-0.05, 0) is 25.2 Å². The summed E-state index contributed by atoms with van der Waals surface area (Å²) in [5.41, 5.74) is 5.36. The summed E-state index contributed by atoms with van der Waals surface area (Å²) in [4.78, 5) is 0.0607. The molecule has 6 heteroatoms. The number of nitrogens with two attached hydrogens (primary N) is 1. The number of piperidine rings is 1. The molecule has 2 N–H and O–H groups in total. The summed E-state index contributed by atoms with van der Waals surface area (Å²) in [5, 5.41) is -0.727. The van der Waals surface area contributed by atoms with Gasteiger partial charge in [0.15, 0.2) is 0 Å². The molecule has 0 aromatic heterocycles. The second-order valence-corrected chi connectivity index (χ2v) is 6.89. The molecule has 1 aliphatic carbocycles. The summed E-state index contributed by atoms with van der Waals surface area (Å²) in [7, 11) is -3.27. The fraction of sp³-hybridized carbons (Fsp3) is 0.875. The van der Waals surface area contributed by atoms with Crippen molar-refractivity contribution in [3.63, 3.8) is 0 Å². The van der Waals surface area contributed by atoms with Gasteiger partial charge in [-0.3, -0.25) is 0 Å². The van der Waals surface area contributed by atoms with Crippen molar-refractivity contribution in [2.75, 3.05) is 13.1 Å². The van der Waals surface area contributed by atoms with Crippen molar-refractivity contribution in [2.24, 2.45) is 17.6 Å². The smallest absolute Gasteiger partial charge is 0.223 e. The Hall–Kier alpha value is -0.200. The average molecular weight is 234 g/mol. The van der Waals surface area contributed by atoms with Crippen molar-refractivity contribution in [1.29, 1.82) is 0 Å². The molecule has 80 valence electrons. The highest BCUT2D eigenvalue weighted by atomic mass is 32.2. The Balaban J connectivity index is 2.12. The molecule has 4 nitrogen and oxygen atoms in total. The van der Waals surface area contributed by atoms with Crippen molar-refractivity contribution < 1.29 is 8.42 Å². The number of nitrogens with zero attached hydrogens (tertiary/aromatic N) is 1. The number of fused-ring (bicyclic) bond motifs is 1. The maximum Gasteiger partial charge on any atom is 0.223 e. The van der Waals surface area contributed by atoms with Crippen LogP contribution >= 0.6 is 12.2 Å². The van der Waals surface area contributed by atoms with Crippen molar-refractivity contribution >= 4 is 27.2 Å². The Bertz CT molecular complexity index is 356. The highest BCUT2D eigenvalue weighted by Crippen LogP contribution is 2.46. The summed E-state index contributed by atoms with van der Waals surface area (Å²) < 4.78 is 25.3. The first-order valence-electron chi connectivity index (χ1n) is 4.71. The van der Waals surface area contributed by atoms with Gasteiger partial charge in [-0.25, -0.2) is 12.7 Å². The highest BCUT2D eigenvalue weighted by molar-refractivity contribution is 7.92. The van der Waals surface area contributed by atoms with Gasteiger partial charge in [0, 0.05) is 13.1 Å². The van der Waals surface area contributed by atoms with Crippen LogP contribution in [0.3, 0.4) is 0 Å². The minimum atomic E-state index is -3.27. The van der Waals surface area contributed by atoms with E-state index in [2.05, 4.69) is 0 Å². The van der Waals surface area contributed by atoms with Crippen LogP contribution in [-0.2, 0) is 10.0 Å². The summed E-state index contributed by atoms with van der Waals surface area (Å²) in [5.74, 6) is 1.20. The van der Waals surface area contributed by atoms with E-state index in [-0.39, 0.29) is 4.99 Å². The fourth-order valence-electron chi connectivity index (χ4n) is 1.93. The van der Waals surface area contributed by atoms with Crippen LogP contribution in [0.1, 0.15) is 13.3 Å². The van der Waals surface area contributed by atoms with Crippen molar-refractivity contribution in [2.45, 2.75) is 18.6 Å². The maximum atomic E-state index is 11.9. The molecule has 3 unspecified atom stereocenters. The molecule has 0 aromatic rings. The fourth-order valence-corrected chi connectivity index (χ4v) is 3.84. The van der Waals surface area contributed by atoms with E-state index in [0.29, 0.717) is 24.9 Å². The molecular formula is C8H14N2O2S2. The molecule has 3 atom stereocenters. The van der Waals surface area contributed by atoms with Gasteiger partial charge in [-0.2, -0.15) is 0 Å². The third kappa shape index (κ3) is 1.55. The minimum Gasteiger partial charge on any atom is -0.392 e. The zero-order valence-corrected chi connectivity index (χ0v) is 9.64. The van der Waals surface area contributed by atoms with Crippen LogP contribution in [-0.4, -0.2) is 36.1 Å². The molecule has 0 spiro atoms. The van der Waals surface area contributed by atoms with E-state index in [1.807, 2.05) is 0 Å². The minimum absolute atomic E-state index is 0.0607. The standard InChI is InChI=1S/C8H14N2O2S2/c1-5(8(9)13)14(11,12)10-3-6-2-7(6)4-10/h5-7H,2-4H2,1H3,(H2,9,13). The van der Waals surface area contributed by atoms with Crippen molar-refractivity contribution in [3.8, 4) is 0 Å². The number of sulfonamides is 1. The van der Waals surface area contributed by atoms with Gasteiger partial charge in [-0.1, -0.05) is 12.2 Å². The van der Waals surface area contributed by atoms with Crippen molar-refractivity contribution in [3.05, 3.63) is 0 Å². The molecule has 0 amide bonds. The van der Waals surface area contributed by atoms with Gasteiger partial charge >= 0.3 is 0 Å². The van der Waals surface area contributed by atoms with Crippen molar-refractivity contribution in [1.82, 2.24) is 4.31 Å². The van der Waals surface area contributed by atoms with E-state index in [0.717, 1.165) is 0 Å². The van der Waals surface area contributed by atoms with Crippen LogP contribution in [0.25, 0.3) is 0 Å². The van der Waals surface area contributed by atoms with E-state index >= 15 is 0 Å². The lowest BCUT2D eigenvalue weighted by molar-refractivity contribution is 0.440. The van der Waals surface area contributed by atoms with Crippen LogP contribution in [0, 0.1) is 11.8 Å². The van der Waals surface area contributed by atoms with Crippen LogP contribution < -0.4 is 5.73 Å². The van der Waals surface area contributed by atoms with E-state index in [4.69, 9.17) is 18.0 Å². The largest absolute Gasteiger partial charge is 0.392 e. The third-order valence-electron chi connectivity index (χ3n) is 3.15. The number of rotatable bonds is 3. The van der Waals surface area contributed by atoms with Crippen LogP contribution in [0.2, 0.25) is 0 Å². The summed E-state index contributed by atoms with van der Waals surface area (Å²) in [6, 6.07) is 0. The molecule has 1 saturated heterocycles. The van der Waals surface area contributed by atoms with E-state index in [1.165, 1.54) is 10.7 Å². The predicted molar refractivity (Wildman–Crippen MR) is 58.3 cm³/mol. The van der Waals surface area contributed by atoms with E-state index < -0.39 is 15.3 Å². The lowest BCUT2D eigenvalue weighted by Crippen LogP contribution is -2.42. The SMILES string of the molecule is CC(C(N)=S)S(=O)(=O)N1CC2CC2C1. The molecule has 14 heavy (non-hydrogen) atoms. The highest BCUT2D eigenvalue weighted by Gasteiger charge is 2.49. The number of hydrogen-bond donors (Lipinski definition) is 1. The van der Waals surface area contributed by atoms with Crippen LogP contribution in [0.15, 0.2) is 0 Å². The second-order valence-electron chi connectivity index (χ2n) is 4.16. The molecular weight excluding hydrogens is 220 g/mol. The molecule has 1 aliphatic heterocycles. The number of hydrogen-bond acceptors (Lipinski definition) is 3. The lowest BCUT2D eigenvalue weighted by Gasteiger charge is -2.21. The summed E-state index contributed by atoms with van der Waals surface area (Å²) in [6.07, 6.45) is 1.19. The van der Waals surface area contributed by atoms with Gasteiger partial charge in [-0.15, -0.1) is 0 Å². The van der Waals surface area contributed by atoms with Gasteiger partial charge < -0.3 is 5.73 Å². The normalized spacial score (nSPS) is 33.8. The topological polar surface area (TPSA) is 63.4 Å². The molecule has 1 saturated carbocycles. The molecule has 0 aromatic carbocycles. The second kappa shape index (κ2) is 3.15. The first-order chi connectivity index (χ1) is 6.43. The lowest BCUT2D eigenvalue weighted by atomic mass is 10.4. The van der Waals surface area contributed by atoms with E-state index in [1.54, 1.807) is 6.92 Å². The molecule has 0 bridgehead atoms. The zero-order valence-electron chi connectivity index (χ0n) is 8.01. The molecule has 1 heterocycles. The summed E-state index contributed by atoms with van der Waals surface area (Å²) >= 11 is 4.71. The Labute approximate surface area is 89.5 Å². The maximum absolute atomic E-state index is 11.9. The first-order valence-corrected chi connectivity index (χ1v) is 6.62. The zero-order chi connectivity index (χ0) is 10.5. The Morgan fingerprint density at radius 2 is 2.00 bits per heavy atom. The van der Waals surface area contributed by atoms with Gasteiger partial charge in [0.1, 0.15) is 5.25 Å².